The van der Waals surface area contributed by atoms with Crippen molar-refractivity contribution in [1.29, 1.82) is 0 Å². The molecule has 0 radical (unpaired) electrons. The Balaban J connectivity index is 1.51. The van der Waals surface area contributed by atoms with Gasteiger partial charge in [0.1, 0.15) is 5.01 Å². The Bertz CT molecular complexity index is 845. The van der Waals surface area contributed by atoms with E-state index in [0.717, 1.165) is 26.6 Å². The van der Waals surface area contributed by atoms with Crippen molar-refractivity contribution in [2.75, 3.05) is 5.32 Å². The molecule has 0 spiro atoms. The van der Waals surface area contributed by atoms with E-state index in [1.165, 1.54) is 21.8 Å². The highest BCUT2D eigenvalue weighted by molar-refractivity contribution is 9.10. The lowest BCUT2D eigenvalue weighted by molar-refractivity contribution is -0.115. The van der Waals surface area contributed by atoms with Gasteiger partial charge in [0.25, 0.3) is 0 Å². The Labute approximate surface area is 164 Å². The summed E-state index contributed by atoms with van der Waals surface area (Å²) in [5, 5.41) is 5.78. The van der Waals surface area contributed by atoms with Crippen LogP contribution in [0.3, 0.4) is 0 Å². The van der Waals surface area contributed by atoms with Gasteiger partial charge in [0.15, 0.2) is 0 Å². The minimum Gasteiger partial charge on any atom is -0.326 e. The molecule has 0 unspecified atom stereocenters. The second-order valence-corrected chi connectivity index (χ2v) is 8.47. The zero-order valence-corrected chi connectivity index (χ0v) is 16.9. The molecule has 3 rings (SSSR count). The predicted molar refractivity (Wildman–Crippen MR) is 109 cm³/mol. The number of amides is 1. The highest BCUT2D eigenvalue weighted by Crippen LogP contribution is 2.25. The van der Waals surface area contributed by atoms with E-state index >= 15 is 0 Å². The number of aromatic nitrogens is 1. The molecule has 1 heterocycles. The van der Waals surface area contributed by atoms with Gasteiger partial charge in [-0.25, -0.2) is 4.98 Å². The molecule has 1 aromatic heterocycles. The topological polar surface area (TPSA) is 42.0 Å². The maximum Gasteiger partial charge on any atom is 0.231 e. The Morgan fingerprint density at radius 2 is 1.88 bits per heavy atom. The second kappa shape index (κ2) is 8.65. The number of hydrogen-bond donors (Lipinski definition) is 1. The Kier molecular flexibility index (Phi) is 6.29. The number of halogens is 1. The van der Waals surface area contributed by atoms with Crippen molar-refractivity contribution in [1.82, 2.24) is 4.98 Å². The zero-order valence-electron chi connectivity index (χ0n) is 13.7. The van der Waals surface area contributed by atoms with E-state index in [9.17, 15) is 4.79 Å². The van der Waals surface area contributed by atoms with Crippen LogP contribution in [0.25, 0.3) is 0 Å². The molecule has 25 heavy (non-hydrogen) atoms. The Morgan fingerprint density at radius 3 is 2.60 bits per heavy atom. The van der Waals surface area contributed by atoms with Crippen molar-refractivity contribution >= 4 is 50.6 Å². The minimum atomic E-state index is -0.0367. The van der Waals surface area contributed by atoms with Crippen molar-refractivity contribution in [3.8, 4) is 0 Å². The van der Waals surface area contributed by atoms with Gasteiger partial charge in [-0.2, -0.15) is 0 Å². The van der Waals surface area contributed by atoms with Crippen LogP contribution in [0.1, 0.15) is 16.3 Å². The van der Waals surface area contributed by atoms with Crippen molar-refractivity contribution in [3.05, 3.63) is 74.6 Å². The Morgan fingerprint density at radius 1 is 1.16 bits per heavy atom. The molecule has 3 aromatic rings. The molecule has 128 valence electrons. The van der Waals surface area contributed by atoms with Gasteiger partial charge < -0.3 is 5.32 Å². The van der Waals surface area contributed by atoms with Crippen molar-refractivity contribution in [2.45, 2.75) is 24.0 Å². The summed E-state index contributed by atoms with van der Waals surface area (Å²) in [5.74, 6) is 0.767. The summed E-state index contributed by atoms with van der Waals surface area (Å²) >= 11 is 6.71. The van der Waals surface area contributed by atoms with Crippen molar-refractivity contribution < 1.29 is 4.79 Å². The molecule has 1 N–H and O–H groups in total. The lowest BCUT2D eigenvalue weighted by Crippen LogP contribution is -2.14. The van der Waals surface area contributed by atoms with Gasteiger partial charge >= 0.3 is 0 Å². The molecule has 0 atom stereocenters. The van der Waals surface area contributed by atoms with Gasteiger partial charge in [0.2, 0.25) is 5.91 Å². The Hall–Kier alpha value is -1.63. The van der Waals surface area contributed by atoms with Crippen LogP contribution in [-0.2, 0) is 17.0 Å². The fraction of sp³-hybridized carbons (Fsp3) is 0.158. The average Bonchev–Trinajstić information content (AvgIpc) is 3.04. The number of nitrogens with one attached hydrogen (secondary N) is 1. The van der Waals surface area contributed by atoms with E-state index in [1.807, 2.05) is 48.7 Å². The minimum absolute atomic E-state index is 0.0367. The number of hydrogen-bond acceptors (Lipinski definition) is 4. The molecule has 1 amide bonds. The zero-order chi connectivity index (χ0) is 17.6. The molecule has 0 saturated heterocycles. The van der Waals surface area contributed by atoms with E-state index in [-0.39, 0.29) is 5.91 Å². The van der Waals surface area contributed by atoms with Crippen LogP contribution >= 0.6 is 39.0 Å². The molecule has 3 nitrogen and oxygen atoms in total. The molecule has 2 aromatic carbocycles. The molecule has 0 bridgehead atoms. The van der Waals surface area contributed by atoms with E-state index < -0.39 is 0 Å². The first kappa shape index (κ1) is 18.2. The number of carbonyl (C=O) groups is 1. The molecule has 0 fully saturated rings. The summed E-state index contributed by atoms with van der Waals surface area (Å²) in [4.78, 5) is 17.9. The van der Waals surface area contributed by atoms with Crippen LogP contribution in [0.4, 0.5) is 5.69 Å². The predicted octanol–water partition coefficient (Wildman–Crippen LogP) is 5.69. The first-order valence-corrected chi connectivity index (χ1v) is 10.4. The van der Waals surface area contributed by atoms with Gasteiger partial charge in [-0.1, -0.05) is 33.6 Å². The third-order valence-corrected chi connectivity index (χ3v) is 5.92. The quantitative estimate of drug-likeness (QED) is 0.508. The maximum absolute atomic E-state index is 12.1. The summed E-state index contributed by atoms with van der Waals surface area (Å²) in [6.07, 6.45) is 0.307. The second-order valence-electron chi connectivity index (χ2n) is 5.57. The molecular formula is C19H17BrN2OS2. The SMILES string of the molecule is Cc1ccc(NC(=O)Cc2nc(CSc3ccc(Br)cc3)cs2)cc1. The van der Waals surface area contributed by atoms with E-state index in [2.05, 4.69) is 38.4 Å². The van der Waals surface area contributed by atoms with Gasteiger partial charge in [0, 0.05) is 26.2 Å². The van der Waals surface area contributed by atoms with Crippen LogP contribution in [0.15, 0.2) is 63.3 Å². The maximum atomic E-state index is 12.1. The lowest BCUT2D eigenvalue weighted by atomic mass is 10.2. The number of anilines is 1. The normalized spacial score (nSPS) is 10.6. The highest BCUT2D eigenvalue weighted by Gasteiger charge is 2.09. The molecule has 0 aliphatic carbocycles. The smallest absolute Gasteiger partial charge is 0.231 e. The van der Waals surface area contributed by atoms with E-state index in [4.69, 9.17) is 0 Å². The third kappa shape index (κ3) is 5.70. The summed E-state index contributed by atoms with van der Waals surface area (Å²) in [6, 6.07) is 16.0. The van der Waals surface area contributed by atoms with Crippen LogP contribution in [-0.4, -0.2) is 10.9 Å². The number of thioether (sulfide) groups is 1. The number of rotatable bonds is 6. The van der Waals surface area contributed by atoms with Gasteiger partial charge in [-0.15, -0.1) is 23.1 Å². The summed E-state index contributed by atoms with van der Waals surface area (Å²) < 4.78 is 1.08. The van der Waals surface area contributed by atoms with Crippen LogP contribution in [0.2, 0.25) is 0 Å². The summed E-state index contributed by atoms with van der Waals surface area (Å²) in [7, 11) is 0. The average molecular weight is 433 g/mol. The van der Waals surface area contributed by atoms with Crippen molar-refractivity contribution in [3.63, 3.8) is 0 Å². The molecule has 6 heteroatoms. The van der Waals surface area contributed by atoms with E-state index in [1.54, 1.807) is 11.8 Å². The van der Waals surface area contributed by atoms with Crippen LogP contribution in [0.5, 0.6) is 0 Å². The fourth-order valence-electron chi connectivity index (χ4n) is 2.16. The van der Waals surface area contributed by atoms with Crippen LogP contribution < -0.4 is 5.32 Å². The third-order valence-electron chi connectivity index (χ3n) is 3.45. The molecule has 0 saturated carbocycles. The standard InChI is InChI=1S/C19H17BrN2OS2/c1-13-2-6-15(7-3-13)21-18(23)10-19-22-16(12-25-19)11-24-17-8-4-14(20)5-9-17/h2-9,12H,10-11H2,1H3,(H,21,23). The van der Waals surface area contributed by atoms with Crippen molar-refractivity contribution in [2.24, 2.45) is 0 Å². The fourth-order valence-corrected chi connectivity index (χ4v) is 4.12. The van der Waals surface area contributed by atoms with Crippen LogP contribution in [0, 0.1) is 6.92 Å². The largest absolute Gasteiger partial charge is 0.326 e. The van der Waals surface area contributed by atoms with Gasteiger partial charge in [-0.05, 0) is 43.3 Å². The number of carbonyl (C=O) groups excluding carboxylic acids is 1. The first-order chi connectivity index (χ1) is 12.1. The summed E-state index contributed by atoms with van der Waals surface area (Å²) in [5.41, 5.74) is 3.00. The monoisotopic (exact) mass is 432 g/mol. The van der Waals surface area contributed by atoms with E-state index in [0.29, 0.717) is 6.42 Å². The van der Waals surface area contributed by atoms with Gasteiger partial charge in [0.05, 0.1) is 12.1 Å². The molecule has 0 aliphatic heterocycles. The summed E-state index contributed by atoms with van der Waals surface area (Å²) in [6.45, 7) is 2.02. The number of nitrogens with zero attached hydrogens (tertiary/aromatic N) is 1. The number of aryl methyl sites for hydroxylation is 1. The molecular weight excluding hydrogens is 416 g/mol. The molecule has 0 aliphatic rings. The first-order valence-electron chi connectivity index (χ1n) is 7.77. The number of benzene rings is 2. The van der Waals surface area contributed by atoms with Gasteiger partial charge in [-0.3, -0.25) is 4.79 Å². The highest BCUT2D eigenvalue weighted by atomic mass is 79.9. The lowest BCUT2D eigenvalue weighted by Gasteiger charge is -2.04. The number of thiazole rings is 1.